The van der Waals surface area contributed by atoms with E-state index in [4.69, 9.17) is 0 Å². The summed E-state index contributed by atoms with van der Waals surface area (Å²) in [4.78, 5) is 14.0. The molecule has 1 aliphatic heterocycles. The van der Waals surface area contributed by atoms with E-state index in [9.17, 15) is 4.79 Å². The van der Waals surface area contributed by atoms with Gasteiger partial charge in [-0.05, 0) is 43.4 Å². The zero-order valence-electron chi connectivity index (χ0n) is 12.9. The summed E-state index contributed by atoms with van der Waals surface area (Å²) in [6.07, 6.45) is 4.93. The number of aromatic amines is 1. The van der Waals surface area contributed by atoms with Crippen molar-refractivity contribution in [2.75, 3.05) is 13.6 Å². The lowest BCUT2D eigenvalue weighted by atomic mass is 9.89. The SMILES string of the molecule is CN(Cc1ccc2cn[nH]c2c1)[C@H]1C[C@H]2CC(=O)NC[C@H]2C1. The average molecular weight is 298 g/mol. The summed E-state index contributed by atoms with van der Waals surface area (Å²) in [7, 11) is 2.20. The zero-order chi connectivity index (χ0) is 15.1. The molecule has 1 saturated heterocycles. The van der Waals surface area contributed by atoms with Crippen molar-refractivity contribution < 1.29 is 4.79 Å². The number of benzene rings is 1. The molecule has 5 heteroatoms. The predicted octanol–water partition coefficient (Wildman–Crippen LogP) is 1.91. The molecule has 2 N–H and O–H groups in total. The van der Waals surface area contributed by atoms with Gasteiger partial charge in [0.1, 0.15) is 0 Å². The molecule has 0 bridgehead atoms. The van der Waals surface area contributed by atoms with Crippen LogP contribution in [0.15, 0.2) is 24.4 Å². The number of fused-ring (bicyclic) bond motifs is 2. The second-order valence-electron chi connectivity index (χ2n) is 6.86. The van der Waals surface area contributed by atoms with Gasteiger partial charge in [-0.1, -0.05) is 12.1 Å². The van der Waals surface area contributed by atoms with Crippen LogP contribution in [0.25, 0.3) is 10.9 Å². The van der Waals surface area contributed by atoms with Gasteiger partial charge in [0.05, 0.1) is 11.7 Å². The average Bonchev–Trinajstić information content (AvgIpc) is 3.12. The number of nitrogens with zero attached hydrogens (tertiary/aromatic N) is 2. The van der Waals surface area contributed by atoms with Crippen LogP contribution in [0.2, 0.25) is 0 Å². The number of carbonyl (C=O) groups excluding carboxylic acids is 1. The van der Waals surface area contributed by atoms with Crippen molar-refractivity contribution in [1.29, 1.82) is 0 Å². The summed E-state index contributed by atoms with van der Waals surface area (Å²) in [5, 5.41) is 11.3. The van der Waals surface area contributed by atoms with Crippen LogP contribution in [0.3, 0.4) is 0 Å². The summed E-state index contributed by atoms with van der Waals surface area (Å²) in [6.45, 7) is 1.81. The van der Waals surface area contributed by atoms with Gasteiger partial charge < -0.3 is 5.32 Å². The van der Waals surface area contributed by atoms with E-state index >= 15 is 0 Å². The third-order valence-electron chi connectivity index (χ3n) is 5.39. The van der Waals surface area contributed by atoms with E-state index in [1.165, 1.54) is 12.0 Å². The Hall–Kier alpha value is -1.88. The lowest BCUT2D eigenvalue weighted by Crippen LogP contribution is -2.38. The van der Waals surface area contributed by atoms with Crippen LogP contribution in [0.5, 0.6) is 0 Å². The Morgan fingerprint density at radius 1 is 1.32 bits per heavy atom. The number of H-pyrrole nitrogens is 1. The van der Waals surface area contributed by atoms with Gasteiger partial charge in [-0.3, -0.25) is 14.8 Å². The third kappa shape index (κ3) is 2.50. The lowest BCUT2D eigenvalue weighted by Gasteiger charge is -2.24. The molecule has 5 nitrogen and oxygen atoms in total. The topological polar surface area (TPSA) is 61.0 Å². The van der Waals surface area contributed by atoms with Crippen LogP contribution in [0.4, 0.5) is 0 Å². The molecule has 3 atom stereocenters. The smallest absolute Gasteiger partial charge is 0.220 e. The zero-order valence-corrected chi connectivity index (χ0v) is 12.9. The van der Waals surface area contributed by atoms with Gasteiger partial charge in [0.25, 0.3) is 0 Å². The summed E-state index contributed by atoms with van der Waals surface area (Å²) >= 11 is 0. The van der Waals surface area contributed by atoms with Gasteiger partial charge in [-0.15, -0.1) is 0 Å². The quantitative estimate of drug-likeness (QED) is 0.910. The summed E-state index contributed by atoms with van der Waals surface area (Å²) in [5.74, 6) is 1.48. The molecule has 0 unspecified atom stereocenters. The Bertz CT molecular complexity index is 695. The summed E-state index contributed by atoms with van der Waals surface area (Å²) < 4.78 is 0. The molecule has 1 saturated carbocycles. The number of piperidine rings is 1. The highest BCUT2D eigenvalue weighted by atomic mass is 16.1. The Morgan fingerprint density at radius 2 is 2.18 bits per heavy atom. The molecule has 2 fully saturated rings. The highest BCUT2D eigenvalue weighted by molar-refractivity contribution is 5.78. The number of hydrogen-bond donors (Lipinski definition) is 2. The molecule has 116 valence electrons. The van der Waals surface area contributed by atoms with E-state index in [1.807, 2.05) is 6.20 Å². The highest BCUT2D eigenvalue weighted by Gasteiger charge is 2.39. The first kappa shape index (κ1) is 13.8. The van der Waals surface area contributed by atoms with Crippen molar-refractivity contribution in [3.8, 4) is 0 Å². The van der Waals surface area contributed by atoms with Crippen molar-refractivity contribution in [2.24, 2.45) is 11.8 Å². The fraction of sp³-hybridized carbons (Fsp3) is 0.529. The Balaban J connectivity index is 1.43. The van der Waals surface area contributed by atoms with E-state index in [0.717, 1.165) is 36.8 Å². The summed E-state index contributed by atoms with van der Waals surface area (Å²) in [6, 6.07) is 7.08. The van der Waals surface area contributed by atoms with E-state index in [-0.39, 0.29) is 5.91 Å². The van der Waals surface area contributed by atoms with Crippen LogP contribution in [0, 0.1) is 11.8 Å². The number of aromatic nitrogens is 2. The van der Waals surface area contributed by atoms with Crippen LogP contribution in [0.1, 0.15) is 24.8 Å². The van der Waals surface area contributed by atoms with Crippen molar-refractivity contribution >= 4 is 16.8 Å². The van der Waals surface area contributed by atoms with E-state index < -0.39 is 0 Å². The largest absolute Gasteiger partial charge is 0.356 e. The van der Waals surface area contributed by atoms with Gasteiger partial charge in [0.2, 0.25) is 5.91 Å². The molecule has 2 aromatic rings. The highest BCUT2D eigenvalue weighted by Crippen LogP contribution is 2.38. The molecule has 22 heavy (non-hydrogen) atoms. The van der Waals surface area contributed by atoms with Crippen molar-refractivity contribution in [3.05, 3.63) is 30.0 Å². The third-order valence-corrected chi connectivity index (χ3v) is 5.39. The minimum Gasteiger partial charge on any atom is -0.356 e. The van der Waals surface area contributed by atoms with Crippen LogP contribution in [-0.2, 0) is 11.3 Å². The normalized spacial score (nSPS) is 28.1. The minimum absolute atomic E-state index is 0.231. The molecule has 4 rings (SSSR count). The van der Waals surface area contributed by atoms with E-state index in [1.54, 1.807) is 0 Å². The van der Waals surface area contributed by atoms with Gasteiger partial charge in [0.15, 0.2) is 0 Å². The van der Waals surface area contributed by atoms with Crippen LogP contribution >= 0.6 is 0 Å². The first-order valence-corrected chi connectivity index (χ1v) is 8.08. The Kier molecular flexibility index (Phi) is 3.37. The van der Waals surface area contributed by atoms with E-state index in [2.05, 4.69) is 45.7 Å². The standard InChI is InChI=1S/C17H22N4O/c1-21(10-11-2-3-12-9-19-20-16(12)4-11)15-5-13-7-17(22)18-8-14(13)6-15/h2-4,9,13-15H,5-8,10H2,1H3,(H,18,22)(H,19,20)/t13-,14+,15-/m0/s1. The molecule has 2 aliphatic rings. The summed E-state index contributed by atoms with van der Waals surface area (Å²) in [5.41, 5.74) is 2.41. The minimum atomic E-state index is 0.231. The van der Waals surface area contributed by atoms with Crippen molar-refractivity contribution in [2.45, 2.75) is 31.8 Å². The molecular weight excluding hydrogens is 276 g/mol. The molecule has 2 heterocycles. The predicted molar refractivity (Wildman–Crippen MR) is 85.2 cm³/mol. The number of hydrogen-bond acceptors (Lipinski definition) is 3. The van der Waals surface area contributed by atoms with Crippen molar-refractivity contribution in [1.82, 2.24) is 20.4 Å². The molecule has 1 amide bonds. The van der Waals surface area contributed by atoms with Crippen LogP contribution < -0.4 is 5.32 Å². The molecule has 1 aliphatic carbocycles. The first-order chi connectivity index (χ1) is 10.7. The number of amides is 1. The maximum absolute atomic E-state index is 11.5. The Morgan fingerprint density at radius 3 is 3.09 bits per heavy atom. The molecule has 1 aromatic heterocycles. The fourth-order valence-corrected chi connectivity index (χ4v) is 4.09. The first-order valence-electron chi connectivity index (χ1n) is 8.08. The Labute approximate surface area is 130 Å². The number of nitrogens with one attached hydrogen (secondary N) is 2. The second kappa shape index (κ2) is 5.39. The molecular formula is C17H22N4O. The monoisotopic (exact) mass is 298 g/mol. The maximum atomic E-state index is 11.5. The van der Waals surface area contributed by atoms with Gasteiger partial charge in [-0.2, -0.15) is 5.10 Å². The molecule has 1 aromatic carbocycles. The number of rotatable bonds is 3. The maximum Gasteiger partial charge on any atom is 0.220 e. The fourth-order valence-electron chi connectivity index (χ4n) is 4.09. The van der Waals surface area contributed by atoms with Crippen molar-refractivity contribution in [3.63, 3.8) is 0 Å². The molecule has 0 spiro atoms. The second-order valence-corrected chi connectivity index (χ2v) is 6.86. The van der Waals surface area contributed by atoms with Gasteiger partial charge >= 0.3 is 0 Å². The number of carbonyl (C=O) groups is 1. The molecule has 0 radical (unpaired) electrons. The van der Waals surface area contributed by atoms with Crippen LogP contribution in [-0.4, -0.2) is 40.6 Å². The lowest BCUT2D eigenvalue weighted by molar-refractivity contribution is -0.124. The van der Waals surface area contributed by atoms with Gasteiger partial charge in [-0.25, -0.2) is 0 Å². The van der Waals surface area contributed by atoms with Gasteiger partial charge in [0, 0.05) is 30.9 Å². The van der Waals surface area contributed by atoms with E-state index in [0.29, 0.717) is 17.9 Å².